The van der Waals surface area contributed by atoms with Crippen LogP contribution < -0.4 is 5.32 Å². The van der Waals surface area contributed by atoms with E-state index in [1.807, 2.05) is 24.3 Å². The molecule has 0 spiro atoms. The third-order valence-corrected chi connectivity index (χ3v) is 6.18. The van der Waals surface area contributed by atoms with Crippen LogP contribution in [-0.2, 0) is 4.74 Å². The molecule has 1 saturated carbocycles. The highest BCUT2D eigenvalue weighted by Crippen LogP contribution is 2.65. The van der Waals surface area contributed by atoms with Gasteiger partial charge in [-0.25, -0.2) is 4.79 Å². The van der Waals surface area contributed by atoms with E-state index in [0.717, 1.165) is 24.9 Å². The van der Waals surface area contributed by atoms with Crippen molar-refractivity contribution in [3.05, 3.63) is 35.4 Å². The summed E-state index contributed by atoms with van der Waals surface area (Å²) < 4.78 is 4.75. The molecule has 0 aromatic heterocycles. The van der Waals surface area contributed by atoms with E-state index in [0.29, 0.717) is 23.1 Å². The number of nitrogens with zero attached hydrogens (tertiary/aromatic N) is 1. The van der Waals surface area contributed by atoms with Crippen LogP contribution in [0.3, 0.4) is 0 Å². The summed E-state index contributed by atoms with van der Waals surface area (Å²) in [6.07, 6.45) is 0. The van der Waals surface area contributed by atoms with Crippen LogP contribution >= 0.6 is 12.4 Å². The van der Waals surface area contributed by atoms with Crippen molar-refractivity contribution in [2.45, 2.75) is 25.9 Å². The van der Waals surface area contributed by atoms with Gasteiger partial charge in [0.05, 0.1) is 12.7 Å². The van der Waals surface area contributed by atoms with E-state index in [2.05, 4.69) is 24.1 Å². The Morgan fingerprint density at radius 1 is 1.26 bits per heavy atom. The molecule has 1 aromatic rings. The fourth-order valence-corrected chi connectivity index (χ4v) is 4.74. The Morgan fingerprint density at radius 2 is 1.96 bits per heavy atom. The molecule has 4 nitrogen and oxygen atoms in total. The lowest BCUT2D eigenvalue weighted by atomic mass is 9.96. The average Bonchev–Trinajstić information content (AvgIpc) is 2.89. The largest absolute Gasteiger partial charge is 0.465 e. The van der Waals surface area contributed by atoms with E-state index in [4.69, 9.17) is 4.74 Å². The molecule has 0 unspecified atom stereocenters. The van der Waals surface area contributed by atoms with Gasteiger partial charge in [-0.2, -0.15) is 0 Å². The predicted octanol–water partition coefficient (Wildman–Crippen LogP) is 2.50. The van der Waals surface area contributed by atoms with Gasteiger partial charge in [-0.15, -0.1) is 12.4 Å². The maximum Gasteiger partial charge on any atom is 0.337 e. The summed E-state index contributed by atoms with van der Waals surface area (Å²) in [5, 5.41) is 3.71. The zero-order chi connectivity index (χ0) is 15.5. The smallest absolute Gasteiger partial charge is 0.337 e. The first-order chi connectivity index (χ1) is 10.5. The Hall–Kier alpha value is -1.10. The summed E-state index contributed by atoms with van der Waals surface area (Å²) in [4.78, 5) is 14.2. The van der Waals surface area contributed by atoms with Crippen LogP contribution in [0.2, 0.25) is 0 Å². The van der Waals surface area contributed by atoms with E-state index < -0.39 is 0 Å². The van der Waals surface area contributed by atoms with E-state index in [1.54, 1.807) is 0 Å². The number of nitrogens with one attached hydrogen (secondary N) is 1. The van der Waals surface area contributed by atoms with Gasteiger partial charge in [0.2, 0.25) is 0 Å². The zero-order valence-corrected chi connectivity index (χ0v) is 14.7. The van der Waals surface area contributed by atoms with Crippen molar-refractivity contribution in [2.24, 2.45) is 17.3 Å². The molecule has 3 fully saturated rings. The molecule has 126 valence electrons. The highest BCUT2D eigenvalue weighted by molar-refractivity contribution is 5.89. The maximum atomic E-state index is 11.5. The lowest BCUT2D eigenvalue weighted by Gasteiger charge is -2.39. The third-order valence-electron chi connectivity index (χ3n) is 6.18. The molecule has 2 saturated heterocycles. The quantitative estimate of drug-likeness (QED) is 0.843. The van der Waals surface area contributed by atoms with Crippen LogP contribution in [0.15, 0.2) is 24.3 Å². The number of fused-ring (bicyclic) bond motifs is 3. The van der Waals surface area contributed by atoms with Gasteiger partial charge in [0.15, 0.2) is 0 Å². The minimum Gasteiger partial charge on any atom is -0.465 e. The second kappa shape index (κ2) is 5.76. The highest BCUT2D eigenvalue weighted by Gasteiger charge is 2.66. The van der Waals surface area contributed by atoms with Gasteiger partial charge < -0.3 is 10.1 Å². The van der Waals surface area contributed by atoms with Crippen molar-refractivity contribution in [1.82, 2.24) is 10.2 Å². The molecule has 2 aliphatic heterocycles. The number of ether oxygens (including phenoxy) is 1. The molecule has 1 aromatic carbocycles. The van der Waals surface area contributed by atoms with Crippen LogP contribution in [-0.4, -0.2) is 43.7 Å². The van der Waals surface area contributed by atoms with Crippen LogP contribution in [0.1, 0.15) is 35.8 Å². The molecule has 1 aliphatic carbocycles. The number of hydrogen-bond donors (Lipinski definition) is 1. The Kier molecular flexibility index (Phi) is 4.20. The number of piperidine rings is 1. The van der Waals surface area contributed by atoms with Crippen LogP contribution in [0.25, 0.3) is 0 Å². The van der Waals surface area contributed by atoms with Crippen molar-refractivity contribution in [1.29, 1.82) is 0 Å². The van der Waals surface area contributed by atoms with E-state index in [1.165, 1.54) is 19.2 Å². The van der Waals surface area contributed by atoms with Gasteiger partial charge in [0.1, 0.15) is 0 Å². The SMILES string of the molecule is COC(=O)c1ccc([C@@H]2CN3C[C@H]4[C@@H]([C@H]3CN2)C4(C)C)cc1.Cl. The fraction of sp³-hybridized carbons (Fsp3) is 0.611. The lowest BCUT2D eigenvalue weighted by Crippen LogP contribution is -2.52. The minimum atomic E-state index is -0.273. The summed E-state index contributed by atoms with van der Waals surface area (Å²) in [6, 6.07) is 8.89. The molecule has 0 bridgehead atoms. The maximum absolute atomic E-state index is 11.5. The van der Waals surface area contributed by atoms with Crippen molar-refractivity contribution in [3.63, 3.8) is 0 Å². The van der Waals surface area contributed by atoms with Gasteiger partial charge in [0, 0.05) is 31.7 Å². The number of hydrogen-bond acceptors (Lipinski definition) is 4. The molecular weight excluding hydrogens is 312 g/mol. The number of rotatable bonds is 2. The Bertz CT molecular complexity index is 602. The molecule has 1 N–H and O–H groups in total. The average molecular weight is 337 g/mol. The number of esters is 1. The molecule has 3 aliphatic rings. The number of methoxy groups -OCH3 is 1. The number of carbonyl (C=O) groups excluding carboxylic acids is 1. The standard InChI is InChI=1S/C18H24N2O2.ClH/c1-18(2)13-9-20-10-14(19-8-15(20)16(13)18)11-4-6-12(7-5-11)17(21)22-3;/h4-7,13-16,19H,8-10H2,1-3H3;1H/t13-,14-,15+,16-;/m0./s1. The summed E-state index contributed by atoms with van der Waals surface area (Å²) >= 11 is 0. The van der Waals surface area contributed by atoms with Gasteiger partial charge in [-0.1, -0.05) is 26.0 Å². The first-order valence-corrected chi connectivity index (χ1v) is 8.18. The van der Waals surface area contributed by atoms with E-state index in [-0.39, 0.29) is 18.4 Å². The molecular formula is C18H25ClN2O2. The Labute approximate surface area is 144 Å². The normalized spacial score (nSPS) is 34.0. The molecule has 0 amide bonds. The van der Waals surface area contributed by atoms with Crippen LogP contribution in [0.4, 0.5) is 0 Å². The van der Waals surface area contributed by atoms with Gasteiger partial charge in [-0.3, -0.25) is 4.90 Å². The summed E-state index contributed by atoms with van der Waals surface area (Å²) in [6.45, 7) is 8.23. The Balaban J connectivity index is 0.00000156. The Morgan fingerprint density at radius 3 is 2.61 bits per heavy atom. The first kappa shape index (κ1) is 16.7. The second-order valence-electron chi connectivity index (χ2n) is 7.55. The number of halogens is 1. The number of piperazine rings is 1. The van der Waals surface area contributed by atoms with Crippen molar-refractivity contribution >= 4 is 18.4 Å². The monoisotopic (exact) mass is 336 g/mol. The highest BCUT2D eigenvalue weighted by atomic mass is 35.5. The first-order valence-electron chi connectivity index (χ1n) is 8.18. The number of benzene rings is 1. The molecule has 4 rings (SSSR count). The zero-order valence-electron chi connectivity index (χ0n) is 13.9. The van der Waals surface area contributed by atoms with Gasteiger partial charge in [0.25, 0.3) is 0 Å². The van der Waals surface area contributed by atoms with E-state index >= 15 is 0 Å². The predicted molar refractivity (Wildman–Crippen MR) is 91.9 cm³/mol. The topological polar surface area (TPSA) is 41.6 Å². The third kappa shape index (κ3) is 2.57. The van der Waals surface area contributed by atoms with Crippen LogP contribution in [0.5, 0.6) is 0 Å². The van der Waals surface area contributed by atoms with Gasteiger partial charge >= 0.3 is 5.97 Å². The molecule has 5 heteroatoms. The van der Waals surface area contributed by atoms with Crippen molar-refractivity contribution in [3.8, 4) is 0 Å². The van der Waals surface area contributed by atoms with Gasteiger partial charge in [-0.05, 0) is 34.9 Å². The molecule has 0 radical (unpaired) electrons. The lowest BCUT2D eigenvalue weighted by molar-refractivity contribution is 0.0600. The molecule has 23 heavy (non-hydrogen) atoms. The second-order valence-corrected chi connectivity index (χ2v) is 7.55. The van der Waals surface area contributed by atoms with Crippen molar-refractivity contribution in [2.75, 3.05) is 26.7 Å². The van der Waals surface area contributed by atoms with Crippen LogP contribution in [0, 0.1) is 17.3 Å². The number of carbonyl (C=O) groups is 1. The summed E-state index contributed by atoms with van der Waals surface area (Å²) in [5.74, 6) is 1.49. The summed E-state index contributed by atoms with van der Waals surface area (Å²) in [7, 11) is 1.42. The molecule has 2 heterocycles. The fourth-order valence-electron chi connectivity index (χ4n) is 4.74. The van der Waals surface area contributed by atoms with Crippen molar-refractivity contribution < 1.29 is 9.53 Å². The summed E-state index contributed by atoms with van der Waals surface area (Å²) in [5.41, 5.74) is 2.42. The minimum absolute atomic E-state index is 0. The molecule has 4 atom stereocenters. The van der Waals surface area contributed by atoms with E-state index in [9.17, 15) is 4.79 Å².